The van der Waals surface area contributed by atoms with Gasteiger partial charge in [0.2, 0.25) is 5.91 Å². The molecule has 1 saturated heterocycles. The van der Waals surface area contributed by atoms with Crippen molar-refractivity contribution in [2.24, 2.45) is 28.6 Å². The van der Waals surface area contributed by atoms with Gasteiger partial charge in [-0.05, 0) is 91.6 Å². The Morgan fingerprint density at radius 1 is 1.19 bits per heavy atom. The van der Waals surface area contributed by atoms with Crippen molar-refractivity contribution < 1.29 is 4.79 Å². The summed E-state index contributed by atoms with van der Waals surface area (Å²) in [5.41, 5.74) is 2.17. The molecule has 0 aromatic heterocycles. The molecule has 2 N–H and O–H groups in total. The van der Waals surface area contributed by atoms with Crippen molar-refractivity contribution in [1.82, 2.24) is 10.6 Å². The first-order valence-electron chi connectivity index (χ1n) is 12.5. The number of nitrogens with one attached hydrogen (secondary N) is 2. The zero-order chi connectivity index (χ0) is 21.7. The standard InChI is InChI=1S/C27H39ClN2O/c1-25(2)18-29-13-9-23(25)30-24(31)21-14-19-15-26(20-6-4-3-5-7-20)10-8-22(21)27(16-19,17-26)11-12-28/h3-7,19,21-23,29H,8-18H2,1-2H3,(H,30,31)/t19?,21?,22?,23?,26-,27-/m1/s1. The molecule has 31 heavy (non-hydrogen) atoms. The molecule has 1 aromatic rings. The third kappa shape index (κ3) is 3.74. The highest BCUT2D eigenvalue weighted by Crippen LogP contribution is 2.67. The summed E-state index contributed by atoms with van der Waals surface area (Å²) < 4.78 is 0. The highest BCUT2D eigenvalue weighted by atomic mass is 35.5. The molecule has 0 spiro atoms. The maximum atomic E-state index is 13.7. The van der Waals surface area contributed by atoms with Crippen LogP contribution in [-0.4, -0.2) is 30.9 Å². The summed E-state index contributed by atoms with van der Waals surface area (Å²) in [5.74, 6) is 2.35. The Bertz CT molecular complexity index is 811. The largest absolute Gasteiger partial charge is 0.352 e. The van der Waals surface area contributed by atoms with Crippen LogP contribution in [0.25, 0.3) is 0 Å². The number of alkyl halides is 1. The Morgan fingerprint density at radius 2 is 2.00 bits per heavy atom. The van der Waals surface area contributed by atoms with Crippen LogP contribution in [0.2, 0.25) is 0 Å². The molecule has 5 rings (SSSR count). The van der Waals surface area contributed by atoms with Crippen LogP contribution in [0.1, 0.15) is 70.8 Å². The molecule has 4 unspecified atom stereocenters. The summed E-state index contributed by atoms with van der Waals surface area (Å²) in [6.45, 7) is 6.54. The van der Waals surface area contributed by atoms with Crippen LogP contribution in [0.5, 0.6) is 0 Å². The van der Waals surface area contributed by atoms with Gasteiger partial charge in [0.05, 0.1) is 0 Å². The number of hydrogen-bond donors (Lipinski definition) is 2. The molecule has 4 heteroatoms. The van der Waals surface area contributed by atoms with E-state index in [-0.39, 0.29) is 22.8 Å². The van der Waals surface area contributed by atoms with Crippen LogP contribution in [0, 0.1) is 28.6 Å². The lowest BCUT2D eigenvalue weighted by molar-refractivity contribution is -0.148. The normalized spacial score (nSPS) is 41.0. The summed E-state index contributed by atoms with van der Waals surface area (Å²) in [6.07, 6.45) is 9.31. The molecule has 1 aliphatic heterocycles. The van der Waals surface area contributed by atoms with Crippen LogP contribution in [0.3, 0.4) is 0 Å². The quantitative estimate of drug-likeness (QED) is 0.609. The highest BCUT2D eigenvalue weighted by Gasteiger charge is 2.61. The zero-order valence-electron chi connectivity index (χ0n) is 19.3. The van der Waals surface area contributed by atoms with E-state index >= 15 is 0 Å². The average molecular weight is 443 g/mol. The fraction of sp³-hybridized carbons (Fsp3) is 0.741. The Hall–Kier alpha value is -1.06. The minimum absolute atomic E-state index is 0.112. The van der Waals surface area contributed by atoms with Crippen molar-refractivity contribution >= 4 is 17.5 Å². The molecule has 3 saturated carbocycles. The zero-order valence-corrected chi connectivity index (χ0v) is 20.0. The first kappa shape index (κ1) is 21.8. The molecule has 3 bridgehead atoms. The maximum absolute atomic E-state index is 13.7. The lowest BCUT2D eigenvalue weighted by atomic mass is 9.41. The van der Waals surface area contributed by atoms with Gasteiger partial charge in [-0.15, -0.1) is 11.6 Å². The Balaban J connectivity index is 1.41. The van der Waals surface area contributed by atoms with E-state index in [1.165, 1.54) is 37.7 Å². The molecule has 1 amide bonds. The number of rotatable bonds is 5. The third-order valence-electron chi connectivity index (χ3n) is 9.62. The van der Waals surface area contributed by atoms with E-state index in [9.17, 15) is 4.79 Å². The number of piperidine rings is 1. The fourth-order valence-corrected chi connectivity index (χ4v) is 8.65. The van der Waals surface area contributed by atoms with Gasteiger partial charge in [0.15, 0.2) is 0 Å². The number of halogens is 1. The predicted octanol–water partition coefficient (Wildman–Crippen LogP) is 5.27. The molecule has 4 fully saturated rings. The van der Waals surface area contributed by atoms with Gasteiger partial charge < -0.3 is 10.6 Å². The van der Waals surface area contributed by atoms with E-state index in [0.717, 1.165) is 32.4 Å². The second-order valence-electron chi connectivity index (χ2n) is 11.9. The smallest absolute Gasteiger partial charge is 0.223 e. The summed E-state index contributed by atoms with van der Waals surface area (Å²) in [4.78, 5) is 13.7. The van der Waals surface area contributed by atoms with Gasteiger partial charge in [0.1, 0.15) is 0 Å². The average Bonchev–Trinajstić information content (AvgIpc) is 2.74. The van der Waals surface area contributed by atoms with E-state index in [0.29, 0.717) is 29.0 Å². The molecule has 3 aliphatic carbocycles. The molecule has 1 heterocycles. The van der Waals surface area contributed by atoms with Crippen LogP contribution in [-0.2, 0) is 10.2 Å². The summed E-state index contributed by atoms with van der Waals surface area (Å²) in [7, 11) is 0. The van der Waals surface area contributed by atoms with Gasteiger partial charge >= 0.3 is 0 Å². The second kappa shape index (κ2) is 8.06. The summed E-state index contributed by atoms with van der Waals surface area (Å²) in [5, 5.41) is 7.03. The van der Waals surface area contributed by atoms with Crippen molar-refractivity contribution in [2.45, 2.75) is 76.7 Å². The molecular weight excluding hydrogens is 404 g/mol. The van der Waals surface area contributed by atoms with Crippen LogP contribution >= 0.6 is 11.6 Å². The van der Waals surface area contributed by atoms with Crippen molar-refractivity contribution in [2.75, 3.05) is 19.0 Å². The number of amides is 1. The molecule has 4 aliphatic rings. The molecule has 170 valence electrons. The fourth-order valence-electron chi connectivity index (χ4n) is 8.27. The van der Waals surface area contributed by atoms with Crippen LogP contribution in [0.15, 0.2) is 30.3 Å². The van der Waals surface area contributed by atoms with Crippen molar-refractivity contribution in [1.29, 1.82) is 0 Å². The van der Waals surface area contributed by atoms with E-state index in [4.69, 9.17) is 11.6 Å². The van der Waals surface area contributed by atoms with Gasteiger partial charge in [-0.25, -0.2) is 0 Å². The Kier molecular flexibility index (Phi) is 5.66. The molecule has 0 radical (unpaired) electrons. The first-order chi connectivity index (χ1) is 14.9. The number of benzene rings is 1. The number of carbonyl (C=O) groups excluding carboxylic acids is 1. The van der Waals surface area contributed by atoms with Crippen molar-refractivity contribution in [3.63, 3.8) is 0 Å². The van der Waals surface area contributed by atoms with E-state index < -0.39 is 0 Å². The highest BCUT2D eigenvalue weighted by molar-refractivity contribution is 6.17. The minimum atomic E-state index is 0.112. The third-order valence-corrected chi connectivity index (χ3v) is 9.81. The van der Waals surface area contributed by atoms with Gasteiger partial charge in [-0.2, -0.15) is 0 Å². The predicted molar refractivity (Wildman–Crippen MR) is 127 cm³/mol. The van der Waals surface area contributed by atoms with Gasteiger partial charge in [-0.1, -0.05) is 44.2 Å². The molecular formula is C27H39ClN2O. The van der Waals surface area contributed by atoms with Gasteiger partial charge in [-0.3, -0.25) is 4.79 Å². The van der Waals surface area contributed by atoms with Crippen LogP contribution < -0.4 is 10.6 Å². The lowest BCUT2D eigenvalue weighted by Gasteiger charge is -2.64. The van der Waals surface area contributed by atoms with Gasteiger partial charge in [0, 0.05) is 24.4 Å². The summed E-state index contributed by atoms with van der Waals surface area (Å²) in [6, 6.07) is 11.5. The monoisotopic (exact) mass is 442 g/mol. The Labute approximate surface area is 193 Å². The minimum Gasteiger partial charge on any atom is -0.352 e. The SMILES string of the molecule is CC1(C)CNCCC1NC(=O)C1CC2C[C@]3(c4ccccc4)CCC1[C@](CCCl)(C2)C3. The molecule has 1 aromatic carbocycles. The number of fused-ring (bicyclic) bond motifs is 2. The lowest BCUT2D eigenvalue weighted by Crippen LogP contribution is -2.61. The number of hydrogen-bond acceptors (Lipinski definition) is 2. The Morgan fingerprint density at radius 3 is 2.74 bits per heavy atom. The topological polar surface area (TPSA) is 41.1 Å². The summed E-state index contributed by atoms with van der Waals surface area (Å²) >= 11 is 6.42. The second-order valence-corrected chi connectivity index (χ2v) is 12.3. The van der Waals surface area contributed by atoms with Crippen LogP contribution in [0.4, 0.5) is 0 Å². The van der Waals surface area contributed by atoms with Crippen molar-refractivity contribution in [3.05, 3.63) is 35.9 Å². The maximum Gasteiger partial charge on any atom is 0.223 e. The van der Waals surface area contributed by atoms with E-state index in [1.807, 2.05) is 0 Å². The van der Waals surface area contributed by atoms with Crippen molar-refractivity contribution in [3.8, 4) is 0 Å². The molecule has 3 nitrogen and oxygen atoms in total. The molecule has 6 atom stereocenters. The van der Waals surface area contributed by atoms with E-state index in [1.54, 1.807) is 0 Å². The van der Waals surface area contributed by atoms with E-state index in [2.05, 4.69) is 54.8 Å². The van der Waals surface area contributed by atoms with Gasteiger partial charge in [0.25, 0.3) is 0 Å². The number of carbonyl (C=O) groups is 1. The first-order valence-corrected chi connectivity index (χ1v) is 13.0.